The fourth-order valence-electron chi connectivity index (χ4n) is 3.30. The molecule has 1 aliphatic heterocycles. The highest BCUT2D eigenvalue weighted by Crippen LogP contribution is 2.25. The minimum absolute atomic E-state index is 0.154. The fraction of sp³-hybridized carbons (Fsp3) is 0.368. The summed E-state index contributed by atoms with van der Waals surface area (Å²) in [5.41, 5.74) is 3.92. The van der Waals surface area contributed by atoms with Gasteiger partial charge in [-0.1, -0.05) is 0 Å². The second-order valence-corrected chi connectivity index (χ2v) is 6.55. The van der Waals surface area contributed by atoms with Crippen molar-refractivity contribution in [2.24, 2.45) is 0 Å². The Morgan fingerprint density at radius 2 is 1.92 bits per heavy atom. The second kappa shape index (κ2) is 7.21. The van der Waals surface area contributed by atoms with Crippen LogP contribution in [0.4, 0.5) is 23.1 Å². The molecule has 2 aromatic heterocycles. The number of aliphatic hydroxyl groups is 1. The van der Waals surface area contributed by atoms with Gasteiger partial charge in [0.25, 0.3) is 0 Å². The Labute approximate surface area is 152 Å². The summed E-state index contributed by atoms with van der Waals surface area (Å²) in [5.74, 6) is 1.37. The predicted octanol–water partition coefficient (Wildman–Crippen LogP) is 3.09. The summed E-state index contributed by atoms with van der Waals surface area (Å²) in [4.78, 5) is 14.6. The zero-order chi connectivity index (χ0) is 17.9. The van der Waals surface area contributed by atoms with Gasteiger partial charge in [0.05, 0.1) is 11.6 Å². The minimum atomic E-state index is -0.154. The normalized spacial score (nSPS) is 15.4. The summed E-state index contributed by atoms with van der Waals surface area (Å²) in [5, 5.41) is 16.2. The molecule has 7 nitrogen and oxygen atoms in total. The van der Waals surface area contributed by atoms with Crippen molar-refractivity contribution in [2.75, 3.05) is 35.2 Å². The average molecular weight is 352 g/mol. The highest BCUT2D eigenvalue weighted by Gasteiger charge is 2.17. The smallest absolute Gasteiger partial charge is 0.229 e. The first-order valence-electron chi connectivity index (χ1n) is 9.12. The zero-order valence-electron chi connectivity index (χ0n) is 14.9. The first kappa shape index (κ1) is 16.7. The predicted molar refractivity (Wildman–Crippen MR) is 105 cm³/mol. The van der Waals surface area contributed by atoms with E-state index in [0.717, 1.165) is 55.0 Å². The van der Waals surface area contributed by atoms with E-state index in [9.17, 15) is 5.11 Å². The molecule has 3 heterocycles. The topological polar surface area (TPSA) is 89.1 Å². The van der Waals surface area contributed by atoms with Crippen LogP contribution in [0.25, 0.3) is 11.0 Å². The number of aromatic amines is 1. The Morgan fingerprint density at radius 3 is 2.65 bits per heavy atom. The van der Waals surface area contributed by atoms with Gasteiger partial charge in [-0.15, -0.1) is 0 Å². The van der Waals surface area contributed by atoms with E-state index in [2.05, 4.69) is 42.6 Å². The first-order valence-corrected chi connectivity index (χ1v) is 9.12. The van der Waals surface area contributed by atoms with Crippen molar-refractivity contribution < 1.29 is 5.11 Å². The number of aromatic nitrogens is 3. The van der Waals surface area contributed by atoms with Gasteiger partial charge >= 0.3 is 0 Å². The molecule has 3 aromatic rings. The summed E-state index contributed by atoms with van der Waals surface area (Å²) >= 11 is 0. The van der Waals surface area contributed by atoms with Crippen LogP contribution in [-0.2, 0) is 0 Å². The second-order valence-electron chi connectivity index (χ2n) is 6.55. The molecule has 1 fully saturated rings. The van der Waals surface area contributed by atoms with Crippen LogP contribution >= 0.6 is 0 Å². The number of piperidine rings is 1. The molecule has 0 radical (unpaired) electrons. The molecule has 0 amide bonds. The molecule has 1 aromatic carbocycles. The zero-order valence-corrected chi connectivity index (χ0v) is 14.9. The summed E-state index contributed by atoms with van der Waals surface area (Å²) in [7, 11) is 0. The van der Waals surface area contributed by atoms with Crippen LogP contribution in [0.15, 0.2) is 36.5 Å². The van der Waals surface area contributed by atoms with E-state index in [4.69, 9.17) is 0 Å². The Kier molecular flexibility index (Phi) is 4.62. The number of nitrogens with zero attached hydrogens (tertiary/aromatic N) is 3. The number of nitrogens with one attached hydrogen (secondary N) is 3. The van der Waals surface area contributed by atoms with E-state index < -0.39 is 0 Å². The maximum Gasteiger partial charge on any atom is 0.229 e. The van der Waals surface area contributed by atoms with Gasteiger partial charge in [0.15, 0.2) is 5.82 Å². The number of fused-ring (bicyclic) bond motifs is 1. The van der Waals surface area contributed by atoms with Gasteiger partial charge in [0.2, 0.25) is 5.95 Å². The molecule has 0 aliphatic carbocycles. The van der Waals surface area contributed by atoms with Crippen molar-refractivity contribution >= 4 is 34.2 Å². The van der Waals surface area contributed by atoms with Crippen LogP contribution in [0.1, 0.15) is 19.8 Å². The number of rotatable bonds is 5. The number of anilines is 4. The fourth-order valence-corrected chi connectivity index (χ4v) is 3.30. The third-order valence-electron chi connectivity index (χ3n) is 4.70. The summed E-state index contributed by atoms with van der Waals surface area (Å²) in [6.45, 7) is 4.63. The van der Waals surface area contributed by atoms with Crippen LogP contribution in [0.3, 0.4) is 0 Å². The van der Waals surface area contributed by atoms with Gasteiger partial charge in [0.1, 0.15) is 5.52 Å². The molecule has 0 spiro atoms. The Morgan fingerprint density at radius 1 is 1.15 bits per heavy atom. The molecule has 0 atom stereocenters. The van der Waals surface area contributed by atoms with Crippen molar-refractivity contribution in [3.8, 4) is 0 Å². The molecule has 26 heavy (non-hydrogen) atoms. The van der Waals surface area contributed by atoms with E-state index in [0.29, 0.717) is 5.95 Å². The minimum Gasteiger partial charge on any atom is -0.393 e. The van der Waals surface area contributed by atoms with Crippen molar-refractivity contribution in [1.82, 2.24) is 15.0 Å². The van der Waals surface area contributed by atoms with Gasteiger partial charge in [-0.25, -0.2) is 4.98 Å². The lowest BCUT2D eigenvalue weighted by Gasteiger charge is -2.31. The number of hydrogen-bond donors (Lipinski definition) is 4. The average Bonchev–Trinajstić information content (AvgIpc) is 3.12. The molecule has 0 saturated carbocycles. The van der Waals surface area contributed by atoms with Crippen LogP contribution < -0.4 is 15.5 Å². The highest BCUT2D eigenvalue weighted by molar-refractivity contribution is 5.87. The number of benzene rings is 1. The van der Waals surface area contributed by atoms with Crippen molar-refractivity contribution in [3.63, 3.8) is 0 Å². The Bertz CT molecular complexity index is 867. The molecule has 1 aliphatic rings. The lowest BCUT2D eigenvalue weighted by atomic mass is 10.1. The summed E-state index contributed by atoms with van der Waals surface area (Å²) in [6, 6.07) is 10.2. The van der Waals surface area contributed by atoms with Gasteiger partial charge in [-0.2, -0.15) is 4.98 Å². The summed E-state index contributed by atoms with van der Waals surface area (Å²) < 4.78 is 0. The van der Waals surface area contributed by atoms with Gasteiger partial charge < -0.3 is 25.6 Å². The van der Waals surface area contributed by atoms with Crippen LogP contribution in [0.5, 0.6) is 0 Å². The SMILES string of the molecule is CCNc1nc(Nc2ccc(N3CCC(O)CC3)cc2)nc2cc[nH]c12. The van der Waals surface area contributed by atoms with E-state index >= 15 is 0 Å². The maximum absolute atomic E-state index is 9.64. The van der Waals surface area contributed by atoms with Gasteiger partial charge in [0, 0.05) is 37.2 Å². The molecule has 1 saturated heterocycles. The van der Waals surface area contributed by atoms with Crippen molar-refractivity contribution in [1.29, 1.82) is 0 Å². The maximum atomic E-state index is 9.64. The number of aliphatic hydroxyl groups excluding tert-OH is 1. The molecular formula is C19H24N6O. The van der Waals surface area contributed by atoms with Crippen LogP contribution in [-0.4, -0.2) is 45.8 Å². The van der Waals surface area contributed by atoms with E-state index in [1.807, 2.05) is 31.3 Å². The van der Waals surface area contributed by atoms with Crippen molar-refractivity contribution in [3.05, 3.63) is 36.5 Å². The van der Waals surface area contributed by atoms with Crippen LogP contribution in [0, 0.1) is 0 Å². The van der Waals surface area contributed by atoms with E-state index in [-0.39, 0.29) is 6.10 Å². The van der Waals surface area contributed by atoms with Gasteiger partial charge in [-0.05, 0) is 50.1 Å². The lowest BCUT2D eigenvalue weighted by Crippen LogP contribution is -2.35. The molecular weight excluding hydrogens is 328 g/mol. The largest absolute Gasteiger partial charge is 0.393 e. The number of H-pyrrole nitrogens is 1. The molecule has 0 unspecified atom stereocenters. The molecule has 136 valence electrons. The Hall–Kier alpha value is -2.80. The molecule has 0 bridgehead atoms. The van der Waals surface area contributed by atoms with Gasteiger partial charge in [-0.3, -0.25) is 0 Å². The lowest BCUT2D eigenvalue weighted by molar-refractivity contribution is 0.145. The highest BCUT2D eigenvalue weighted by atomic mass is 16.3. The molecule has 4 N–H and O–H groups in total. The molecule has 7 heteroatoms. The van der Waals surface area contributed by atoms with E-state index in [1.54, 1.807) is 0 Å². The van der Waals surface area contributed by atoms with E-state index in [1.165, 1.54) is 5.69 Å². The quantitative estimate of drug-likeness (QED) is 0.564. The summed E-state index contributed by atoms with van der Waals surface area (Å²) in [6.07, 6.45) is 3.38. The molecule has 4 rings (SSSR count). The number of hydrogen-bond acceptors (Lipinski definition) is 6. The standard InChI is InChI=1S/C19H24N6O/c1-2-20-18-17-16(7-10-21-17)23-19(24-18)22-13-3-5-14(6-4-13)25-11-8-15(26)9-12-25/h3-7,10,15,21,26H,2,8-9,11-12H2,1H3,(H2,20,22,23,24). The van der Waals surface area contributed by atoms with Crippen molar-refractivity contribution in [2.45, 2.75) is 25.9 Å². The third-order valence-corrected chi connectivity index (χ3v) is 4.70. The van der Waals surface area contributed by atoms with Crippen LogP contribution in [0.2, 0.25) is 0 Å². The third kappa shape index (κ3) is 3.43. The first-order chi connectivity index (χ1) is 12.7. The Balaban J connectivity index is 1.51. The monoisotopic (exact) mass is 352 g/mol.